The van der Waals surface area contributed by atoms with Crippen LogP contribution in [0.5, 0.6) is 5.75 Å². The van der Waals surface area contributed by atoms with Gasteiger partial charge in [0.15, 0.2) is 11.6 Å². The van der Waals surface area contributed by atoms with Crippen molar-refractivity contribution in [3.8, 4) is 5.75 Å². The largest absolute Gasteiger partial charge is 0.479 e. The zero-order valence-corrected chi connectivity index (χ0v) is 12.6. The van der Waals surface area contributed by atoms with Gasteiger partial charge < -0.3 is 15.8 Å². The Bertz CT molecular complexity index is 780. The van der Waals surface area contributed by atoms with Gasteiger partial charge in [-0.05, 0) is 18.2 Å². The Morgan fingerprint density at radius 1 is 1.38 bits per heavy atom. The quantitative estimate of drug-likeness (QED) is 0.654. The first-order valence-corrected chi connectivity index (χ1v) is 7.23. The molecule has 2 aliphatic rings. The monoisotopic (exact) mass is 335 g/mol. The van der Waals surface area contributed by atoms with Crippen molar-refractivity contribution in [3.63, 3.8) is 0 Å². The van der Waals surface area contributed by atoms with Gasteiger partial charge in [0.2, 0.25) is 0 Å². The van der Waals surface area contributed by atoms with E-state index in [1.165, 1.54) is 13.0 Å². The molecule has 9 heteroatoms. The minimum atomic E-state index is -1.94. The first-order chi connectivity index (χ1) is 11.3. The zero-order valence-electron chi connectivity index (χ0n) is 12.6. The predicted molar refractivity (Wildman–Crippen MR) is 77.2 cm³/mol. The second-order valence-corrected chi connectivity index (χ2v) is 5.60. The average Bonchev–Trinajstić information content (AvgIpc) is 2.82. The minimum absolute atomic E-state index is 0.00213. The number of carbonyl (C=O) groups excluding carboxylic acids is 4. The molecule has 126 valence electrons. The Morgan fingerprint density at radius 3 is 2.62 bits per heavy atom. The van der Waals surface area contributed by atoms with E-state index in [0.29, 0.717) is 0 Å². The number of rotatable bonds is 3. The van der Waals surface area contributed by atoms with Crippen molar-refractivity contribution in [2.75, 3.05) is 0 Å². The van der Waals surface area contributed by atoms with Crippen LogP contribution in [-0.4, -0.2) is 29.7 Å². The van der Waals surface area contributed by atoms with Crippen molar-refractivity contribution < 1.29 is 28.3 Å². The van der Waals surface area contributed by atoms with Gasteiger partial charge in [-0.3, -0.25) is 19.7 Å². The van der Waals surface area contributed by atoms with Crippen LogP contribution in [0.15, 0.2) is 18.2 Å². The van der Waals surface area contributed by atoms with E-state index >= 15 is 0 Å². The molecule has 1 spiro atoms. The van der Waals surface area contributed by atoms with Crippen LogP contribution in [0, 0.1) is 11.7 Å². The summed E-state index contributed by atoms with van der Waals surface area (Å²) in [5.41, 5.74) is 3.36. The molecule has 8 nitrogen and oxygen atoms in total. The molecule has 1 fully saturated rings. The summed E-state index contributed by atoms with van der Waals surface area (Å²) in [6.45, 7) is 1.53. The Hall–Kier alpha value is -2.97. The van der Waals surface area contributed by atoms with E-state index in [1.54, 1.807) is 0 Å². The molecule has 0 radical (unpaired) electrons. The molecule has 4 N–H and O–H groups in total. The zero-order chi connectivity index (χ0) is 17.6. The van der Waals surface area contributed by atoms with E-state index in [-0.39, 0.29) is 17.7 Å². The number of hydrogen-bond acceptors (Lipinski definition) is 5. The molecule has 24 heavy (non-hydrogen) atoms. The number of ether oxygens (including phenoxy) is 1. The normalized spacial score (nSPS) is 27.9. The number of urea groups is 1. The number of hydrogen-bond donors (Lipinski definition) is 3. The molecule has 0 saturated carbocycles. The lowest BCUT2D eigenvalue weighted by molar-refractivity contribution is -0.146. The number of primary amides is 1. The lowest BCUT2D eigenvalue weighted by Crippen LogP contribution is -2.63. The molecule has 0 bridgehead atoms. The molecule has 3 atom stereocenters. The smallest absolute Gasteiger partial charge is 0.322 e. The summed E-state index contributed by atoms with van der Waals surface area (Å²) in [6.07, 6.45) is -1.51. The number of fused-ring (bicyclic) bond motifs is 2. The summed E-state index contributed by atoms with van der Waals surface area (Å²) in [5, 5.41) is 4.41. The van der Waals surface area contributed by atoms with E-state index in [1.807, 2.05) is 5.32 Å². The maximum absolute atomic E-state index is 13.7. The first-order valence-electron chi connectivity index (χ1n) is 7.23. The summed E-state index contributed by atoms with van der Waals surface area (Å²) in [4.78, 5) is 48.6. The number of imide groups is 1. The number of amides is 4. The second kappa shape index (κ2) is 5.29. The Balaban J connectivity index is 2.32. The van der Waals surface area contributed by atoms with Gasteiger partial charge in [-0.15, -0.1) is 0 Å². The molecular formula is C15H14FN3O5. The first kappa shape index (κ1) is 15.9. The van der Waals surface area contributed by atoms with Crippen molar-refractivity contribution in [1.29, 1.82) is 0 Å². The van der Waals surface area contributed by atoms with Crippen LogP contribution >= 0.6 is 0 Å². The van der Waals surface area contributed by atoms with E-state index < -0.39 is 47.0 Å². The number of carbonyl (C=O) groups is 4. The molecule has 2 aliphatic heterocycles. The van der Waals surface area contributed by atoms with Gasteiger partial charge in [0.05, 0.1) is 0 Å². The molecule has 3 rings (SSSR count). The van der Waals surface area contributed by atoms with E-state index in [2.05, 4.69) is 5.32 Å². The van der Waals surface area contributed by atoms with Crippen molar-refractivity contribution in [1.82, 2.24) is 10.6 Å². The third kappa shape index (κ3) is 2.04. The predicted octanol–water partition coefficient (Wildman–Crippen LogP) is -0.298. The number of nitrogens with one attached hydrogen (secondary N) is 2. The van der Waals surface area contributed by atoms with E-state index in [4.69, 9.17) is 10.5 Å². The van der Waals surface area contributed by atoms with Gasteiger partial charge in [0.25, 0.3) is 11.8 Å². The van der Waals surface area contributed by atoms with Crippen molar-refractivity contribution in [2.24, 2.45) is 11.7 Å². The number of ketones is 1. The highest BCUT2D eigenvalue weighted by molar-refractivity contribution is 6.11. The number of benzene rings is 1. The fourth-order valence-corrected chi connectivity index (χ4v) is 3.24. The van der Waals surface area contributed by atoms with Crippen LogP contribution in [0.2, 0.25) is 0 Å². The summed E-state index contributed by atoms with van der Waals surface area (Å²) in [7, 11) is 0. The molecule has 2 heterocycles. The maximum atomic E-state index is 13.7. The van der Waals surface area contributed by atoms with Crippen LogP contribution in [0.1, 0.15) is 18.9 Å². The molecule has 1 aromatic rings. The lowest BCUT2D eigenvalue weighted by atomic mass is 9.70. The van der Waals surface area contributed by atoms with E-state index in [9.17, 15) is 23.6 Å². The third-order valence-electron chi connectivity index (χ3n) is 4.26. The van der Waals surface area contributed by atoms with E-state index in [0.717, 1.165) is 12.1 Å². The minimum Gasteiger partial charge on any atom is -0.479 e. The standard InChI is InChI=1S/C15H14FN3O5/c1-2-8(20)10-11(12(17)21)24-9-4-3-6(16)5-7(9)15(10)13(22)18-14(23)19-15/h3-5,10-11H,2H2,1H3,(H2,17,21)(H2,18,19,22,23). The highest BCUT2D eigenvalue weighted by atomic mass is 19.1. The lowest BCUT2D eigenvalue weighted by Gasteiger charge is -2.42. The molecule has 1 aromatic carbocycles. The van der Waals surface area contributed by atoms with Crippen LogP contribution in [0.4, 0.5) is 9.18 Å². The van der Waals surface area contributed by atoms with Gasteiger partial charge in [-0.2, -0.15) is 0 Å². The Morgan fingerprint density at radius 2 is 2.08 bits per heavy atom. The molecule has 0 aromatic heterocycles. The van der Waals surface area contributed by atoms with Crippen LogP contribution in [-0.2, 0) is 19.9 Å². The van der Waals surface area contributed by atoms with Gasteiger partial charge in [0, 0.05) is 12.0 Å². The van der Waals surface area contributed by atoms with Crippen molar-refractivity contribution >= 4 is 23.6 Å². The summed E-state index contributed by atoms with van der Waals surface area (Å²) < 4.78 is 19.2. The van der Waals surface area contributed by atoms with Gasteiger partial charge in [-0.1, -0.05) is 6.92 Å². The van der Waals surface area contributed by atoms with Crippen molar-refractivity contribution in [2.45, 2.75) is 25.0 Å². The second-order valence-electron chi connectivity index (χ2n) is 5.60. The molecule has 0 aliphatic carbocycles. The third-order valence-corrected chi connectivity index (χ3v) is 4.26. The molecule has 1 saturated heterocycles. The number of nitrogens with two attached hydrogens (primary N) is 1. The Kier molecular flexibility index (Phi) is 3.51. The summed E-state index contributed by atoms with van der Waals surface area (Å²) in [5.74, 6) is -4.44. The fourth-order valence-electron chi connectivity index (χ4n) is 3.24. The summed E-state index contributed by atoms with van der Waals surface area (Å²) >= 11 is 0. The average molecular weight is 335 g/mol. The Labute approximate surface area is 135 Å². The van der Waals surface area contributed by atoms with Gasteiger partial charge >= 0.3 is 6.03 Å². The highest BCUT2D eigenvalue weighted by Gasteiger charge is 2.63. The fraction of sp³-hybridized carbons (Fsp3) is 0.333. The van der Waals surface area contributed by atoms with Crippen LogP contribution in [0.25, 0.3) is 0 Å². The summed E-state index contributed by atoms with van der Waals surface area (Å²) in [6, 6.07) is 2.43. The molecule has 4 amide bonds. The highest BCUT2D eigenvalue weighted by Crippen LogP contribution is 2.46. The molecular weight excluding hydrogens is 321 g/mol. The van der Waals surface area contributed by atoms with Crippen LogP contribution < -0.4 is 21.1 Å². The topological polar surface area (TPSA) is 128 Å². The maximum Gasteiger partial charge on any atom is 0.322 e. The SMILES string of the molecule is CCC(=O)C1C(C(N)=O)Oc2ccc(F)cc2C12NC(=O)NC2=O. The number of Topliss-reactive ketones (excluding diaryl/α,β-unsaturated/α-hetero) is 1. The molecule has 3 unspecified atom stereocenters. The van der Waals surface area contributed by atoms with Gasteiger partial charge in [-0.25, -0.2) is 9.18 Å². The van der Waals surface area contributed by atoms with Gasteiger partial charge in [0.1, 0.15) is 23.3 Å². The van der Waals surface area contributed by atoms with Crippen LogP contribution in [0.3, 0.4) is 0 Å². The van der Waals surface area contributed by atoms with Crippen molar-refractivity contribution in [3.05, 3.63) is 29.6 Å². The number of halogens is 1.